The zero-order valence-electron chi connectivity index (χ0n) is 17.4. The van der Waals surface area contributed by atoms with Crippen LogP contribution in [0.3, 0.4) is 0 Å². The molecule has 29 heavy (non-hydrogen) atoms. The molecule has 0 radical (unpaired) electrons. The molecule has 2 N–H and O–H groups in total. The average molecular weight is 417 g/mol. The lowest BCUT2D eigenvalue weighted by atomic mass is 9.97. The number of aldehydes is 1. The third kappa shape index (κ3) is 13.9. The molecule has 3 unspecified atom stereocenters. The van der Waals surface area contributed by atoms with Crippen molar-refractivity contribution in [2.75, 3.05) is 0 Å². The van der Waals surface area contributed by atoms with Crippen molar-refractivity contribution in [1.29, 1.82) is 0 Å². The molecule has 3 atom stereocenters. The monoisotopic (exact) mass is 416 g/mol. The lowest BCUT2D eigenvalue weighted by Gasteiger charge is -2.18. The van der Waals surface area contributed by atoms with Crippen LogP contribution < -0.4 is 0 Å². The molecule has 0 aromatic heterocycles. The number of aliphatic hydroxyl groups is 2. The molecule has 0 bridgehead atoms. The van der Waals surface area contributed by atoms with Gasteiger partial charge < -0.3 is 15.0 Å². The van der Waals surface area contributed by atoms with Gasteiger partial charge in [0.2, 0.25) is 11.7 Å². The molecule has 0 amide bonds. The minimum Gasteiger partial charge on any atom is -0.393 e. The van der Waals surface area contributed by atoms with Crippen molar-refractivity contribution in [2.45, 2.75) is 109 Å². The van der Waals surface area contributed by atoms with Crippen molar-refractivity contribution < 1.29 is 24.9 Å². The quantitative estimate of drug-likeness (QED) is 0.141. The summed E-state index contributed by atoms with van der Waals surface area (Å²) in [5, 5.41) is 42.6. The highest BCUT2D eigenvalue weighted by atomic mass is 16.6. The van der Waals surface area contributed by atoms with Gasteiger partial charge in [-0.05, 0) is 25.3 Å². The van der Waals surface area contributed by atoms with Crippen molar-refractivity contribution in [1.82, 2.24) is 0 Å². The second-order valence-corrected chi connectivity index (χ2v) is 7.47. The predicted octanol–water partition coefficient (Wildman–Crippen LogP) is 3.80. The van der Waals surface area contributed by atoms with Gasteiger partial charge in [0.1, 0.15) is 12.4 Å². The molecule has 9 nitrogen and oxygen atoms in total. The minimum atomic E-state index is -1.39. The molecule has 168 valence electrons. The van der Waals surface area contributed by atoms with Crippen molar-refractivity contribution in [3.63, 3.8) is 0 Å². The molecule has 0 spiro atoms. The van der Waals surface area contributed by atoms with Crippen LogP contribution in [0, 0.1) is 20.2 Å². The van der Waals surface area contributed by atoms with Crippen LogP contribution in [0.2, 0.25) is 0 Å². The molecule has 0 heterocycles. The maximum absolute atomic E-state index is 11.3. The van der Waals surface area contributed by atoms with Crippen LogP contribution >= 0.6 is 0 Å². The van der Waals surface area contributed by atoms with E-state index < -0.39 is 28.1 Å². The summed E-state index contributed by atoms with van der Waals surface area (Å²) in [4.78, 5) is 31.5. The highest BCUT2D eigenvalue weighted by Gasteiger charge is 2.32. The van der Waals surface area contributed by atoms with E-state index in [-0.39, 0.29) is 25.0 Å². The summed E-state index contributed by atoms with van der Waals surface area (Å²) < 4.78 is 0. The lowest BCUT2D eigenvalue weighted by molar-refractivity contribution is -0.536. The maximum atomic E-state index is 11.3. The second-order valence-electron chi connectivity index (χ2n) is 7.47. The Morgan fingerprint density at radius 3 is 2.24 bits per heavy atom. The molecule has 0 aliphatic heterocycles. The number of hydrogen-bond donors (Lipinski definition) is 2. The van der Waals surface area contributed by atoms with E-state index >= 15 is 0 Å². The first-order chi connectivity index (χ1) is 13.8. The number of nitro groups is 2. The van der Waals surface area contributed by atoms with Gasteiger partial charge in [-0.1, -0.05) is 45.4 Å². The van der Waals surface area contributed by atoms with Crippen molar-refractivity contribution >= 4 is 6.29 Å². The Labute approximate surface area is 172 Å². The van der Waals surface area contributed by atoms with E-state index in [0.717, 1.165) is 44.8 Å². The highest BCUT2D eigenvalue weighted by Crippen LogP contribution is 2.18. The summed E-state index contributed by atoms with van der Waals surface area (Å²) in [5.41, 5.74) is -0.0327. The molecule has 0 saturated carbocycles. The van der Waals surface area contributed by atoms with Crippen LogP contribution in [0.25, 0.3) is 0 Å². The van der Waals surface area contributed by atoms with Gasteiger partial charge in [0, 0.05) is 30.6 Å². The van der Waals surface area contributed by atoms with E-state index in [4.69, 9.17) is 0 Å². The summed E-state index contributed by atoms with van der Waals surface area (Å²) in [6.07, 6.45) is 7.47. The molecule has 0 aliphatic rings. The normalized spacial score (nSPS) is 14.9. The van der Waals surface area contributed by atoms with Crippen molar-refractivity contribution in [2.24, 2.45) is 0 Å². The number of carbonyl (C=O) groups is 1. The average Bonchev–Trinajstić information content (AvgIpc) is 2.67. The van der Waals surface area contributed by atoms with Gasteiger partial charge in [0.05, 0.1) is 11.0 Å². The summed E-state index contributed by atoms with van der Waals surface area (Å²) in [6.45, 7) is 1.99. The second kappa shape index (κ2) is 17.0. The van der Waals surface area contributed by atoms with Crippen LogP contribution in [0.1, 0.15) is 90.4 Å². The molecule has 0 aliphatic carbocycles. The Morgan fingerprint density at radius 2 is 1.66 bits per heavy atom. The summed E-state index contributed by atoms with van der Waals surface area (Å²) in [6, 6.07) is -1.36. The SMILES string of the molecule is CCCCC/C(=C\CC(O)C(CC(O)CCCCCCCC=O)[N+](=O)[O-])[N+](=O)[O-]. The molecular formula is C20H36N2O7. The smallest absolute Gasteiger partial charge is 0.242 e. The molecule has 0 saturated heterocycles. The van der Waals surface area contributed by atoms with Crippen LogP contribution in [0.5, 0.6) is 0 Å². The number of aliphatic hydroxyl groups excluding tert-OH is 2. The third-order valence-corrected chi connectivity index (χ3v) is 4.95. The van der Waals surface area contributed by atoms with Crippen LogP contribution in [-0.2, 0) is 4.79 Å². The Bertz CT molecular complexity index is 511. The zero-order chi connectivity index (χ0) is 22.1. The first-order valence-electron chi connectivity index (χ1n) is 10.6. The van der Waals surface area contributed by atoms with E-state index in [2.05, 4.69) is 0 Å². The van der Waals surface area contributed by atoms with Gasteiger partial charge in [-0.15, -0.1) is 0 Å². The fourth-order valence-corrected chi connectivity index (χ4v) is 3.16. The predicted molar refractivity (Wildman–Crippen MR) is 110 cm³/mol. The summed E-state index contributed by atoms with van der Waals surface area (Å²) in [5.74, 6) is 0. The number of unbranched alkanes of at least 4 members (excludes halogenated alkanes) is 7. The fourth-order valence-electron chi connectivity index (χ4n) is 3.16. The van der Waals surface area contributed by atoms with Gasteiger partial charge >= 0.3 is 0 Å². The Balaban J connectivity index is 4.47. The fraction of sp³-hybridized carbons (Fsp3) is 0.850. The lowest BCUT2D eigenvalue weighted by Crippen LogP contribution is -2.36. The molecular weight excluding hydrogens is 380 g/mol. The van der Waals surface area contributed by atoms with Gasteiger partial charge in [-0.2, -0.15) is 0 Å². The first kappa shape index (κ1) is 27.1. The first-order valence-corrected chi connectivity index (χ1v) is 10.6. The maximum Gasteiger partial charge on any atom is 0.242 e. The van der Waals surface area contributed by atoms with Gasteiger partial charge in [-0.3, -0.25) is 20.2 Å². The molecule has 0 fully saturated rings. The van der Waals surface area contributed by atoms with Crippen LogP contribution in [0.4, 0.5) is 0 Å². The van der Waals surface area contributed by atoms with Crippen LogP contribution in [0.15, 0.2) is 11.8 Å². The highest BCUT2D eigenvalue weighted by molar-refractivity contribution is 5.48. The summed E-state index contributed by atoms with van der Waals surface area (Å²) in [7, 11) is 0. The number of allylic oxidation sites excluding steroid dienone is 1. The van der Waals surface area contributed by atoms with Gasteiger partial charge in [-0.25, -0.2) is 0 Å². The molecule has 0 aromatic carbocycles. The zero-order valence-corrected chi connectivity index (χ0v) is 17.4. The van der Waals surface area contributed by atoms with E-state index in [1.807, 2.05) is 6.92 Å². The number of nitrogens with zero attached hydrogens (tertiary/aromatic N) is 2. The minimum absolute atomic E-state index is 0.0327. The van der Waals surface area contributed by atoms with Gasteiger partial charge in [0.25, 0.3) is 0 Å². The standard InChI is InChI=1S/C20H36N2O7/c1-2-3-8-11-17(21(26)27)13-14-20(25)19(22(28)29)16-18(24)12-9-6-4-5-7-10-15-23/h13,15,18-20,24-25H,2-12,14,16H2,1H3/b17-13+. The Kier molecular flexibility index (Phi) is 15.9. The molecule has 9 heteroatoms. The topological polar surface area (TPSA) is 144 Å². The number of rotatable bonds is 19. The Morgan fingerprint density at radius 1 is 1.00 bits per heavy atom. The van der Waals surface area contributed by atoms with Crippen LogP contribution in [-0.4, -0.2) is 44.6 Å². The van der Waals surface area contributed by atoms with E-state index in [9.17, 15) is 35.2 Å². The molecule has 0 rings (SSSR count). The Hall–Kier alpha value is -1.87. The number of hydrogen-bond acceptors (Lipinski definition) is 7. The molecule has 0 aromatic rings. The third-order valence-electron chi connectivity index (χ3n) is 4.95. The van der Waals surface area contributed by atoms with Crippen molar-refractivity contribution in [3.8, 4) is 0 Å². The van der Waals surface area contributed by atoms with Gasteiger partial charge in [0.15, 0.2) is 0 Å². The summed E-state index contributed by atoms with van der Waals surface area (Å²) >= 11 is 0. The van der Waals surface area contributed by atoms with E-state index in [1.165, 1.54) is 6.08 Å². The van der Waals surface area contributed by atoms with E-state index in [0.29, 0.717) is 25.7 Å². The van der Waals surface area contributed by atoms with E-state index in [1.54, 1.807) is 0 Å². The number of carbonyl (C=O) groups excluding carboxylic acids is 1. The largest absolute Gasteiger partial charge is 0.393 e. The van der Waals surface area contributed by atoms with Crippen molar-refractivity contribution in [3.05, 3.63) is 32.0 Å².